The lowest BCUT2D eigenvalue weighted by molar-refractivity contribution is -0.133. The zero-order chi connectivity index (χ0) is 11.8. The Labute approximate surface area is 109 Å². The molecule has 5 nitrogen and oxygen atoms in total. The van der Waals surface area contributed by atoms with Crippen LogP contribution in [-0.4, -0.2) is 51.0 Å². The van der Waals surface area contributed by atoms with E-state index in [0.29, 0.717) is 19.8 Å². The Morgan fingerprint density at radius 1 is 1.53 bits per heavy atom. The Hall–Kier alpha value is -0.360. The van der Waals surface area contributed by atoms with Crippen molar-refractivity contribution >= 4 is 18.3 Å². The minimum absolute atomic E-state index is 0. The van der Waals surface area contributed by atoms with Crippen molar-refractivity contribution in [1.82, 2.24) is 10.6 Å². The lowest BCUT2D eigenvalue weighted by atomic mass is 10.2. The number of amides is 1. The molecule has 1 heterocycles. The van der Waals surface area contributed by atoms with E-state index in [0.717, 1.165) is 19.5 Å². The zero-order valence-electron chi connectivity index (χ0n) is 10.5. The molecule has 2 atom stereocenters. The molecule has 0 aliphatic carbocycles. The van der Waals surface area contributed by atoms with Gasteiger partial charge in [-0.15, -0.1) is 12.4 Å². The van der Waals surface area contributed by atoms with Crippen molar-refractivity contribution in [3.63, 3.8) is 0 Å². The molecular weight excluding hydrogens is 244 g/mol. The summed E-state index contributed by atoms with van der Waals surface area (Å²) < 4.78 is 10.5. The quantitative estimate of drug-likeness (QED) is 0.652. The topological polar surface area (TPSA) is 59.6 Å². The lowest BCUT2D eigenvalue weighted by Gasteiger charge is -2.16. The number of nitrogens with one attached hydrogen (secondary N) is 2. The highest BCUT2D eigenvalue weighted by Gasteiger charge is 2.20. The summed E-state index contributed by atoms with van der Waals surface area (Å²) >= 11 is 0. The minimum atomic E-state index is -0.402. The van der Waals surface area contributed by atoms with Crippen molar-refractivity contribution in [3.8, 4) is 0 Å². The van der Waals surface area contributed by atoms with E-state index < -0.39 is 6.10 Å². The fraction of sp³-hybridized carbons (Fsp3) is 0.909. The summed E-state index contributed by atoms with van der Waals surface area (Å²) in [7, 11) is 0. The summed E-state index contributed by atoms with van der Waals surface area (Å²) in [6.45, 7) is 7.22. The van der Waals surface area contributed by atoms with Gasteiger partial charge in [0.25, 0.3) is 0 Å². The summed E-state index contributed by atoms with van der Waals surface area (Å²) in [6.07, 6.45) is 0.596. The van der Waals surface area contributed by atoms with E-state index >= 15 is 0 Å². The molecule has 17 heavy (non-hydrogen) atoms. The second-order valence-electron chi connectivity index (χ2n) is 3.91. The second kappa shape index (κ2) is 9.65. The SMILES string of the molecule is CCOCCOC(C)C(=O)NC1CCNC1.Cl. The molecule has 102 valence electrons. The highest BCUT2D eigenvalue weighted by atomic mass is 35.5. The van der Waals surface area contributed by atoms with Crippen LogP contribution in [0.25, 0.3) is 0 Å². The fourth-order valence-corrected chi connectivity index (χ4v) is 1.60. The van der Waals surface area contributed by atoms with Crippen molar-refractivity contribution in [1.29, 1.82) is 0 Å². The molecule has 0 bridgehead atoms. The Bertz CT molecular complexity index is 211. The van der Waals surface area contributed by atoms with Gasteiger partial charge in [-0.25, -0.2) is 0 Å². The minimum Gasteiger partial charge on any atom is -0.379 e. The summed E-state index contributed by atoms with van der Waals surface area (Å²) in [6, 6.07) is 0.255. The summed E-state index contributed by atoms with van der Waals surface area (Å²) in [5, 5.41) is 6.15. The van der Waals surface area contributed by atoms with E-state index in [1.165, 1.54) is 0 Å². The van der Waals surface area contributed by atoms with Gasteiger partial charge < -0.3 is 20.1 Å². The molecule has 1 fully saturated rings. The van der Waals surface area contributed by atoms with Crippen molar-refractivity contribution < 1.29 is 14.3 Å². The fourth-order valence-electron chi connectivity index (χ4n) is 1.60. The molecule has 0 aromatic heterocycles. The van der Waals surface area contributed by atoms with Crippen LogP contribution >= 0.6 is 12.4 Å². The first-order valence-corrected chi connectivity index (χ1v) is 5.94. The van der Waals surface area contributed by atoms with Gasteiger partial charge in [0.2, 0.25) is 5.91 Å². The number of halogens is 1. The second-order valence-corrected chi connectivity index (χ2v) is 3.91. The Morgan fingerprint density at radius 2 is 2.29 bits per heavy atom. The third-order valence-electron chi connectivity index (χ3n) is 2.58. The van der Waals surface area contributed by atoms with Crippen LogP contribution in [0.4, 0.5) is 0 Å². The first-order valence-electron chi connectivity index (χ1n) is 5.94. The van der Waals surface area contributed by atoms with Crippen LogP contribution < -0.4 is 10.6 Å². The molecular formula is C11H23ClN2O3. The molecule has 1 aliphatic rings. The van der Waals surface area contributed by atoms with Crippen molar-refractivity contribution in [2.75, 3.05) is 32.9 Å². The summed E-state index contributed by atoms with van der Waals surface area (Å²) in [5.41, 5.74) is 0. The van der Waals surface area contributed by atoms with Gasteiger partial charge in [-0.1, -0.05) is 0 Å². The smallest absolute Gasteiger partial charge is 0.249 e. The maximum atomic E-state index is 11.7. The molecule has 0 aromatic carbocycles. The van der Waals surface area contributed by atoms with Gasteiger partial charge in [-0.05, 0) is 26.8 Å². The van der Waals surface area contributed by atoms with Crippen molar-refractivity contribution in [2.45, 2.75) is 32.4 Å². The number of carbonyl (C=O) groups is 1. The number of hydrogen-bond acceptors (Lipinski definition) is 4. The van der Waals surface area contributed by atoms with Crippen LogP contribution in [0.5, 0.6) is 0 Å². The predicted octanol–water partition coefficient (Wildman–Crippen LogP) is 0.328. The van der Waals surface area contributed by atoms with Gasteiger partial charge in [-0.3, -0.25) is 4.79 Å². The van der Waals surface area contributed by atoms with Crippen LogP contribution in [0, 0.1) is 0 Å². The zero-order valence-corrected chi connectivity index (χ0v) is 11.3. The van der Waals surface area contributed by atoms with Crippen LogP contribution in [0.1, 0.15) is 20.3 Å². The first kappa shape index (κ1) is 16.6. The number of rotatable bonds is 7. The lowest BCUT2D eigenvalue weighted by Crippen LogP contribution is -2.42. The average Bonchev–Trinajstić information content (AvgIpc) is 2.76. The molecule has 6 heteroatoms. The molecule has 0 spiro atoms. The van der Waals surface area contributed by atoms with Gasteiger partial charge in [0.05, 0.1) is 13.2 Å². The van der Waals surface area contributed by atoms with E-state index in [2.05, 4.69) is 10.6 Å². The Morgan fingerprint density at radius 3 is 2.88 bits per heavy atom. The normalized spacial score (nSPS) is 20.7. The van der Waals surface area contributed by atoms with E-state index in [-0.39, 0.29) is 24.4 Å². The average molecular weight is 267 g/mol. The molecule has 0 aromatic rings. The van der Waals surface area contributed by atoms with Crippen LogP contribution in [0.15, 0.2) is 0 Å². The molecule has 2 N–H and O–H groups in total. The van der Waals surface area contributed by atoms with Gasteiger partial charge in [0.15, 0.2) is 0 Å². The van der Waals surface area contributed by atoms with Gasteiger partial charge in [-0.2, -0.15) is 0 Å². The Kier molecular flexibility index (Phi) is 9.44. The third-order valence-corrected chi connectivity index (χ3v) is 2.58. The maximum absolute atomic E-state index is 11.7. The largest absolute Gasteiger partial charge is 0.379 e. The maximum Gasteiger partial charge on any atom is 0.249 e. The van der Waals surface area contributed by atoms with E-state index in [1.54, 1.807) is 6.92 Å². The molecule has 1 rings (SSSR count). The summed E-state index contributed by atoms with van der Waals surface area (Å²) in [5.74, 6) is -0.0369. The van der Waals surface area contributed by atoms with Crippen LogP contribution in [-0.2, 0) is 14.3 Å². The van der Waals surface area contributed by atoms with Gasteiger partial charge in [0, 0.05) is 19.2 Å². The van der Waals surface area contributed by atoms with Gasteiger partial charge >= 0.3 is 0 Å². The first-order chi connectivity index (χ1) is 7.74. The monoisotopic (exact) mass is 266 g/mol. The van der Waals surface area contributed by atoms with Crippen LogP contribution in [0.2, 0.25) is 0 Å². The molecule has 0 saturated carbocycles. The van der Waals surface area contributed by atoms with Crippen LogP contribution in [0.3, 0.4) is 0 Å². The molecule has 2 unspecified atom stereocenters. The van der Waals surface area contributed by atoms with Crippen molar-refractivity contribution in [3.05, 3.63) is 0 Å². The molecule has 1 aliphatic heterocycles. The highest BCUT2D eigenvalue weighted by Crippen LogP contribution is 1.99. The number of hydrogen-bond donors (Lipinski definition) is 2. The van der Waals surface area contributed by atoms with Gasteiger partial charge in [0.1, 0.15) is 6.10 Å². The Balaban J connectivity index is 0.00000256. The molecule has 1 amide bonds. The predicted molar refractivity (Wildman–Crippen MR) is 68.6 cm³/mol. The summed E-state index contributed by atoms with van der Waals surface area (Å²) in [4.78, 5) is 11.7. The highest BCUT2D eigenvalue weighted by molar-refractivity contribution is 5.85. The molecule has 1 saturated heterocycles. The number of ether oxygens (including phenoxy) is 2. The van der Waals surface area contributed by atoms with E-state index in [1.807, 2.05) is 6.92 Å². The molecule has 0 radical (unpaired) electrons. The number of carbonyl (C=O) groups excluding carboxylic acids is 1. The third kappa shape index (κ3) is 6.83. The van der Waals surface area contributed by atoms with E-state index in [4.69, 9.17) is 9.47 Å². The van der Waals surface area contributed by atoms with E-state index in [9.17, 15) is 4.79 Å². The van der Waals surface area contributed by atoms with Crippen molar-refractivity contribution in [2.24, 2.45) is 0 Å². The standard InChI is InChI=1S/C11H22N2O3.ClH/c1-3-15-6-7-16-9(2)11(14)13-10-4-5-12-8-10;/h9-10,12H,3-8H2,1-2H3,(H,13,14);1H.